The van der Waals surface area contributed by atoms with Gasteiger partial charge in [0.15, 0.2) is 0 Å². The van der Waals surface area contributed by atoms with Crippen LogP contribution in [0.2, 0.25) is 5.02 Å². The molecule has 1 aromatic heterocycles. The van der Waals surface area contributed by atoms with Gasteiger partial charge in [-0.05, 0) is 47.9 Å². The summed E-state index contributed by atoms with van der Waals surface area (Å²) in [6.07, 6.45) is 2.76. The van der Waals surface area contributed by atoms with Crippen LogP contribution in [0.25, 0.3) is 0 Å². The van der Waals surface area contributed by atoms with Crippen molar-refractivity contribution in [3.05, 3.63) is 81.4 Å². The summed E-state index contributed by atoms with van der Waals surface area (Å²) in [5, 5.41) is 4.90. The predicted octanol–water partition coefficient (Wildman–Crippen LogP) is 3.42. The van der Waals surface area contributed by atoms with Gasteiger partial charge in [0, 0.05) is 47.4 Å². The summed E-state index contributed by atoms with van der Waals surface area (Å²) < 4.78 is 16.5. The molecule has 1 aliphatic heterocycles. The Hall–Kier alpha value is -3.03. The van der Waals surface area contributed by atoms with E-state index in [0.717, 1.165) is 22.5 Å². The molecule has 31 heavy (non-hydrogen) atoms. The molecular weight excluding hydrogens is 419 g/mol. The number of nitrogens with zero attached hydrogens (tertiary/aromatic N) is 3. The van der Waals surface area contributed by atoms with E-state index in [1.54, 1.807) is 34.0 Å². The normalized spacial score (nSPS) is 12.8. The number of hydrogen-bond acceptors (Lipinski definition) is 4. The van der Waals surface area contributed by atoms with Crippen molar-refractivity contribution in [3.8, 4) is 0 Å². The molecule has 0 radical (unpaired) electrons. The summed E-state index contributed by atoms with van der Waals surface area (Å²) in [6.45, 7) is 0.262. The zero-order valence-corrected chi connectivity index (χ0v) is 17.8. The number of halogens is 2. The fourth-order valence-electron chi connectivity index (χ4n) is 3.86. The number of nitrogens with two attached hydrogens (primary N) is 1. The topological polar surface area (TPSA) is 81.2 Å². The van der Waals surface area contributed by atoms with Crippen molar-refractivity contribution in [2.75, 3.05) is 11.4 Å². The van der Waals surface area contributed by atoms with Crippen LogP contribution in [0.15, 0.2) is 42.6 Å². The second-order valence-electron chi connectivity index (χ2n) is 7.63. The van der Waals surface area contributed by atoms with Gasteiger partial charge in [-0.1, -0.05) is 17.7 Å². The molecule has 0 spiro atoms. The first kappa shape index (κ1) is 21.2. The number of rotatable bonds is 5. The first-order valence-electron chi connectivity index (χ1n) is 9.97. The molecule has 160 valence electrons. The lowest BCUT2D eigenvalue weighted by Gasteiger charge is -2.23. The van der Waals surface area contributed by atoms with E-state index >= 15 is 0 Å². The van der Waals surface area contributed by atoms with Crippen molar-refractivity contribution in [2.45, 2.75) is 25.8 Å². The van der Waals surface area contributed by atoms with Crippen LogP contribution in [0.5, 0.6) is 0 Å². The summed E-state index contributed by atoms with van der Waals surface area (Å²) >= 11 is 6.21. The van der Waals surface area contributed by atoms with Gasteiger partial charge in [-0.3, -0.25) is 14.3 Å². The summed E-state index contributed by atoms with van der Waals surface area (Å²) in [5.41, 5.74) is 9.51. The van der Waals surface area contributed by atoms with E-state index in [4.69, 9.17) is 17.3 Å². The van der Waals surface area contributed by atoms with E-state index in [2.05, 4.69) is 5.10 Å². The number of aromatic nitrogens is 2. The fraction of sp³-hybridized carbons (Fsp3) is 0.261. The summed E-state index contributed by atoms with van der Waals surface area (Å²) in [5.74, 6) is -0.959. The number of Topliss-reactive ketones (excluding diaryl/α,β-unsaturated/α-hetero) is 1. The minimum Gasteiger partial charge on any atom is -0.324 e. The lowest BCUT2D eigenvalue weighted by molar-refractivity contribution is -0.117. The van der Waals surface area contributed by atoms with Crippen LogP contribution >= 0.6 is 11.6 Å². The van der Waals surface area contributed by atoms with Gasteiger partial charge < -0.3 is 10.6 Å². The largest absolute Gasteiger partial charge is 0.324 e. The molecule has 0 aliphatic carbocycles. The molecule has 4 rings (SSSR count). The highest BCUT2D eigenvalue weighted by atomic mass is 35.5. The minimum atomic E-state index is -0.510. The molecule has 0 atom stereocenters. The van der Waals surface area contributed by atoms with Gasteiger partial charge in [-0.2, -0.15) is 5.10 Å². The molecule has 0 bridgehead atoms. The third-order valence-electron chi connectivity index (χ3n) is 5.61. The lowest BCUT2D eigenvalue weighted by Crippen LogP contribution is -2.30. The molecule has 2 aromatic carbocycles. The molecular formula is C23H22ClFN4O2. The number of hydrogen-bond donors (Lipinski definition) is 1. The van der Waals surface area contributed by atoms with E-state index in [9.17, 15) is 14.0 Å². The molecule has 1 aliphatic rings. The zero-order valence-electron chi connectivity index (χ0n) is 17.1. The van der Waals surface area contributed by atoms with Crippen LogP contribution in [0.4, 0.5) is 10.1 Å². The van der Waals surface area contributed by atoms with Gasteiger partial charge in [-0.25, -0.2) is 4.39 Å². The molecule has 6 nitrogen and oxygen atoms in total. The number of carbonyl (C=O) groups is 2. The number of fused-ring (bicyclic) bond motifs is 2. The SMILES string of the molecule is Cn1ncc2c1Cc1cc(Cl)ccc1N(C(=O)c1ccc(CCC(=O)CN)c(F)c1)C2. The zero-order chi connectivity index (χ0) is 22.1. The van der Waals surface area contributed by atoms with Crippen LogP contribution in [-0.4, -0.2) is 28.0 Å². The molecule has 2 heterocycles. The highest BCUT2D eigenvalue weighted by molar-refractivity contribution is 6.30. The third kappa shape index (κ3) is 4.24. The van der Waals surface area contributed by atoms with E-state index in [-0.39, 0.29) is 36.6 Å². The summed E-state index contributed by atoms with van der Waals surface area (Å²) in [7, 11) is 1.87. The van der Waals surface area contributed by atoms with Crippen LogP contribution in [0, 0.1) is 5.82 Å². The van der Waals surface area contributed by atoms with Crippen molar-refractivity contribution >= 4 is 29.0 Å². The van der Waals surface area contributed by atoms with Crippen LogP contribution in [0.3, 0.4) is 0 Å². The summed E-state index contributed by atoms with van der Waals surface area (Å²) in [4.78, 5) is 26.5. The lowest BCUT2D eigenvalue weighted by atomic mass is 10.0. The Morgan fingerprint density at radius 2 is 2.00 bits per heavy atom. The van der Waals surface area contributed by atoms with Gasteiger partial charge in [0.1, 0.15) is 11.6 Å². The Labute approximate surface area is 184 Å². The fourth-order valence-corrected chi connectivity index (χ4v) is 4.05. The second-order valence-corrected chi connectivity index (χ2v) is 8.07. The molecule has 0 unspecified atom stereocenters. The van der Waals surface area contributed by atoms with Crippen molar-refractivity contribution in [1.82, 2.24) is 9.78 Å². The van der Waals surface area contributed by atoms with Crippen molar-refractivity contribution in [1.29, 1.82) is 0 Å². The Bertz CT molecular complexity index is 1170. The molecule has 0 saturated heterocycles. The van der Waals surface area contributed by atoms with Crippen LogP contribution in [0.1, 0.15) is 39.2 Å². The Balaban J connectivity index is 1.67. The smallest absolute Gasteiger partial charge is 0.258 e. The van der Waals surface area contributed by atoms with Crippen molar-refractivity contribution in [3.63, 3.8) is 0 Å². The Morgan fingerprint density at radius 1 is 1.19 bits per heavy atom. The van der Waals surface area contributed by atoms with E-state index in [1.165, 1.54) is 6.07 Å². The molecule has 1 amide bonds. The highest BCUT2D eigenvalue weighted by Crippen LogP contribution is 2.33. The van der Waals surface area contributed by atoms with E-state index in [1.807, 2.05) is 19.2 Å². The van der Waals surface area contributed by atoms with Gasteiger partial charge in [0.2, 0.25) is 0 Å². The number of anilines is 1. The van der Waals surface area contributed by atoms with Crippen molar-refractivity contribution in [2.24, 2.45) is 12.8 Å². The van der Waals surface area contributed by atoms with Crippen molar-refractivity contribution < 1.29 is 14.0 Å². The van der Waals surface area contributed by atoms with Crippen LogP contribution < -0.4 is 10.6 Å². The first-order chi connectivity index (χ1) is 14.9. The van der Waals surface area contributed by atoms with Gasteiger partial charge in [0.25, 0.3) is 5.91 Å². The maximum Gasteiger partial charge on any atom is 0.258 e. The quantitative estimate of drug-likeness (QED) is 0.659. The molecule has 0 saturated carbocycles. The maximum atomic E-state index is 14.7. The Kier molecular flexibility index (Phi) is 5.89. The molecule has 3 aromatic rings. The predicted molar refractivity (Wildman–Crippen MR) is 117 cm³/mol. The van der Waals surface area contributed by atoms with E-state index < -0.39 is 5.82 Å². The monoisotopic (exact) mass is 440 g/mol. The number of benzene rings is 2. The van der Waals surface area contributed by atoms with Gasteiger partial charge in [-0.15, -0.1) is 0 Å². The molecule has 2 N–H and O–H groups in total. The maximum absolute atomic E-state index is 14.7. The highest BCUT2D eigenvalue weighted by Gasteiger charge is 2.27. The average Bonchev–Trinajstić information content (AvgIpc) is 3.00. The number of amides is 1. The second kappa shape index (κ2) is 8.61. The number of aryl methyl sites for hydroxylation is 2. The Morgan fingerprint density at radius 3 is 2.74 bits per heavy atom. The minimum absolute atomic E-state index is 0.0626. The number of carbonyl (C=O) groups excluding carboxylic acids is 2. The standard InChI is InChI=1S/C23H22ClFN4O2/c1-28-22-10-16-8-18(24)5-7-21(16)29(13-17(22)12-27-28)23(31)15-3-2-14(20(25)9-15)4-6-19(30)11-26/h2-3,5,7-9,12H,4,6,10-11,13,26H2,1H3. The molecule has 0 fully saturated rings. The number of ketones is 1. The van der Waals surface area contributed by atoms with Crippen LogP contribution in [-0.2, 0) is 31.2 Å². The first-order valence-corrected chi connectivity index (χ1v) is 10.4. The third-order valence-corrected chi connectivity index (χ3v) is 5.85. The van der Waals surface area contributed by atoms with E-state index in [0.29, 0.717) is 23.6 Å². The summed E-state index contributed by atoms with van der Waals surface area (Å²) in [6, 6.07) is 9.79. The average molecular weight is 441 g/mol. The van der Waals surface area contributed by atoms with Gasteiger partial charge >= 0.3 is 0 Å². The van der Waals surface area contributed by atoms with Gasteiger partial charge in [0.05, 0.1) is 19.3 Å². The molecule has 8 heteroatoms.